The monoisotopic (exact) mass is 432 g/mol. The number of rotatable bonds is 4. The lowest BCUT2D eigenvalue weighted by Gasteiger charge is -2.09. The number of aromatic nitrogens is 4. The van der Waals surface area contributed by atoms with Crippen molar-refractivity contribution in [2.24, 2.45) is 0 Å². The molecule has 7 nitrogen and oxygen atoms in total. The third-order valence-corrected chi connectivity index (χ3v) is 5.08. The van der Waals surface area contributed by atoms with E-state index in [2.05, 4.69) is 15.4 Å². The first kappa shape index (κ1) is 19.6. The quantitative estimate of drug-likeness (QED) is 0.474. The molecule has 32 heavy (non-hydrogen) atoms. The van der Waals surface area contributed by atoms with Crippen molar-refractivity contribution < 1.29 is 18.6 Å². The van der Waals surface area contributed by atoms with Crippen LogP contribution in [0, 0.1) is 11.6 Å². The summed E-state index contributed by atoms with van der Waals surface area (Å²) in [6.45, 7) is -0.338. The minimum Gasteiger partial charge on any atom is -0.322 e. The summed E-state index contributed by atoms with van der Waals surface area (Å²) in [5.41, 5.74) is 1.03. The lowest BCUT2D eigenvalue weighted by atomic mass is 10.2. The zero-order valence-corrected chi connectivity index (χ0v) is 16.5. The van der Waals surface area contributed by atoms with Gasteiger partial charge >= 0.3 is 11.5 Å². The third-order valence-electron chi connectivity index (χ3n) is 5.08. The van der Waals surface area contributed by atoms with Crippen molar-refractivity contribution in [1.29, 1.82) is 0 Å². The van der Waals surface area contributed by atoms with Crippen LogP contribution in [0.2, 0.25) is 0 Å². The van der Waals surface area contributed by atoms with Gasteiger partial charge in [-0.25, -0.2) is 18.6 Å². The van der Waals surface area contributed by atoms with Crippen LogP contribution in [0.3, 0.4) is 0 Å². The largest absolute Gasteiger partial charge is 0.424 e. The van der Waals surface area contributed by atoms with Gasteiger partial charge in [0.05, 0.1) is 27.3 Å². The molecule has 0 radical (unpaired) electrons. The van der Waals surface area contributed by atoms with Gasteiger partial charge in [-0.1, -0.05) is 24.3 Å². The van der Waals surface area contributed by atoms with Crippen LogP contribution in [0.15, 0.2) is 77.6 Å². The zero-order chi connectivity index (χ0) is 22.2. The van der Waals surface area contributed by atoms with Gasteiger partial charge < -0.3 is 5.32 Å². The maximum Gasteiger partial charge on any atom is 0.424 e. The summed E-state index contributed by atoms with van der Waals surface area (Å²) in [4.78, 5) is 28.9. The van der Waals surface area contributed by atoms with Gasteiger partial charge in [-0.3, -0.25) is 9.36 Å². The van der Waals surface area contributed by atoms with Crippen molar-refractivity contribution in [2.75, 3.05) is 5.32 Å². The molecule has 0 unspecified atom stereocenters. The van der Waals surface area contributed by atoms with Crippen molar-refractivity contribution in [2.45, 2.75) is 6.54 Å². The molecule has 3 aromatic carbocycles. The number of nitrogens with zero attached hydrogens (tertiary/aromatic N) is 3. The molecular weight excluding hydrogens is 416 g/mol. The second-order valence-electron chi connectivity index (χ2n) is 7.15. The highest BCUT2D eigenvalue weighted by atomic mass is 19.1. The van der Waals surface area contributed by atoms with E-state index in [1.807, 2.05) is 0 Å². The highest BCUT2D eigenvalue weighted by molar-refractivity contribution is 5.94. The number of anilines is 1. The van der Waals surface area contributed by atoms with Gasteiger partial charge in [0.15, 0.2) is 0 Å². The van der Waals surface area contributed by atoms with E-state index >= 15 is 0 Å². The van der Waals surface area contributed by atoms with Crippen molar-refractivity contribution in [3.05, 3.63) is 94.9 Å². The molecule has 158 valence electrons. The van der Waals surface area contributed by atoms with Gasteiger partial charge in [-0.2, -0.15) is 0 Å². The molecule has 0 saturated carbocycles. The van der Waals surface area contributed by atoms with Crippen LogP contribution in [0.25, 0.3) is 27.9 Å². The van der Waals surface area contributed by atoms with Crippen LogP contribution in [0.1, 0.15) is 0 Å². The van der Waals surface area contributed by atoms with E-state index in [9.17, 15) is 18.4 Å². The van der Waals surface area contributed by atoms with E-state index in [-0.39, 0.29) is 18.0 Å². The fourth-order valence-corrected chi connectivity index (χ4v) is 3.57. The molecule has 5 aromatic rings. The molecule has 0 aliphatic rings. The van der Waals surface area contributed by atoms with Crippen molar-refractivity contribution in [3.63, 3.8) is 0 Å². The number of fused-ring (bicyclic) bond motifs is 3. The molecule has 0 atom stereocenters. The molecule has 2 heterocycles. The van der Waals surface area contributed by atoms with Crippen LogP contribution < -0.4 is 16.0 Å². The molecule has 0 saturated heterocycles. The smallest absolute Gasteiger partial charge is 0.322 e. The predicted molar refractivity (Wildman–Crippen MR) is 114 cm³/mol. The molecule has 0 fully saturated rings. The number of hydrogen-bond acceptors (Lipinski definition) is 3. The number of H-pyrrole nitrogens is 1. The minimum atomic E-state index is -0.570. The third kappa shape index (κ3) is 3.39. The Bertz CT molecular complexity index is 1540. The van der Waals surface area contributed by atoms with Gasteiger partial charge in [0.25, 0.3) is 5.65 Å². The number of carbonyl (C=O) groups is 1. The van der Waals surface area contributed by atoms with Crippen molar-refractivity contribution in [1.82, 2.24) is 14.2 Å². The van der Waals surface area contributed by atoms with E-state index in [1.54, 1.807) is 42.5 Å². The zero-order valence-electron chi connectivity index (χ0n) is 16.5. The Hall–Kier alpha value is -4.40. The van der Waals surface area contributed by atoms with Gasteiger partial charge in [-0.05, 0) is 53.0 Å². The molecule has 2 aromatic heterocycles. The number of nitrogens with one attached hydrogen (secondary N) is 2. The first-order valence-electron chi connectivity index (χ1n) is 9.75. The topological polar surface area (TPSA) is 82.5 Å². The van der Waals surface area contributed by atoms with Gasteiger partial charge in [0.1, 0.15) is 18.2 Å². The van der Waals surface area contributed by atoms with Gasteiger partial charge in [-0.15, -0.1) is 0 Å². The number of halogens is 2. The molecule has 0 aliphatic heterocycles. The summed E-state index contributed by atoms with van der Waals surface area (Å²) < 4.78 is 29.6. The Morgan fingerprint density at radius 3 is 2.47 bits per heavy atom. The molecule has 0 aliphatic carbocycles. The van der Waals surface area contributed by atoms with E-state index in [0.29, 0.717) is 27.9 Å². The molecular formula is C23H16F2N5O2+. The Labute approximate surface area is 179 Å². The first-order valence-corrected chi connectivity index (χ1v) is 9.75. The maximum absolute atomic E-state index is 13.9. The molecule has 5 rings (SSSR count). The lowest BCUT2D eigenvalue weighted by molar-refractivity contribution is -0.331. The molecule has 0 bridgehead atoms. The highest BCUT2D eigenvalue weighted by Crippen LogP contribution is 2.19. The number of amides is 1. The number of aromatic amines is 1. The minimum absolute atomic E-state index is 0.0296. The maximum atomic E-state index is 13.9. The first-order chi connectivity index (χ1) is 15.5. The van der Waals surface area contributed by atoms with Crippen LogP contribution in [0.5, 0.6) is 0 Å². The SMILES string of the molecule is O=C(Cn1c(=O)n2nc(-c3ccc(F)cc3)[nH+]c2c2ccccc21)Nc1ccccc1F. The fourth-order valence-electron chi connectivity index (χ4n) is 3.57. The molecule has 0 spiro atoms. The Balaban J connectivity index is 1.61. The summed E-state index contributed by atoms with van der Waals surface area (Å²) in [5, 5.41) is 7.49. The molecule has 2 N–H and O–H groups in total. The summed E-state index contributed by atoms with van der Waals surface area (Å²) in [5.74, 6) is -1.14. The Morgan fingerprint density at radius 2 is 1.69 bits per heavy atom. The standard InChI is InChI=1S/C23H15F2N5O2/c24-15-11-9-14(10-12-15)21-27-22-16-5-1-4-8-19(16)29(23(32)30(22)28-21)13-20(31)26-18-7-3-2-6-17(18)25/h1-12H,13H2,(H,26,31)/p+1. The van der Waals surface area contributed by atoms with Gasteiger partial charge in [0, 0.05) is 0 Å². The van der Waals surface area contributed by atoms with E-state index in [4.69, 9.17) is 0 Å². The lowest BCUT2D eigenvalue weighted by Crippen LogP contribution is -2.33. The summed E-state index contributed by atoms with van der Waals surface area (Å²) >= 11 is 0. The Kier molecular flexibility index (Phi) is 4.70. The normalized spacial score (nSPS) is 11.2. The number of para-hydroxylation sites is 2. The summed E-state index contributed by atoms with van der Waals surface area (Å²) in [7, 11) is 0. The fraction of sp³-hybridized carbons (Fsp3) is 0.0435. The second-order valence-corrected chi connectivity index (χ2v) is 7.15. The summed E-state index contributed by atoms with van der Waals surface area (Å²) in [6, 6.07) is 18.6. The van der Waals surface area contributed by atoms with E-state index < -0.39 is 17.4 Å². The van der Waals surface area contributed by atoms with Crippen LogP contribution in [-0.2, 0) is 11.3 Å². The number of hydrogen-bond donors (Lipinski definition) is 1. The highest BCUT2D eigenvalue weighted by Gasteiger charge is 2.23. The number of carbonyl (C=O) groups excluding carboxylic acids is 1. The van der Waals surface area contributed by atoms with Crippen LogP contribution >= 0.6 is 0 Å². The van der Waals surface area contributed by atoms with Crippen LogP contribution in [0.4, 0.5) is 14.5 Å². The predicted octanol–water partition coefficient (Wildman–Crippen LogP) is 3.05. The molecule has 1 amide bonds. The average molecular weight is 432 g/mol. The average Bonchev–Trinajstić information content (AvgIpc) is 3.25. The second kappa shape index (κ2) is 7.69. The van der Waals surface area contributed by atoms with Gasteiger partial charge in [0.2, 0.25) is 5.91 Å². The number of benzene rings is 3. The van der Waals surface area contributed by atoms with Crippen LogP contribution in [-0.4, -0.2) is 20.1 Å². The van der Waals surface area contributed by atoms with Crippen molar-refractivity contribution in [3.8, 4) is 11.4 Å². The molecule has 9 heteroatoms. The van der Waals surface area contributed by atoms with Crippen molar-refractivity contribution >= 4 is 28.1 Å². The Morgan fingerprint density at radius 1 is 0.969 bits per heavy atom. The summed E-state index contributed by atoms with van der Waals surface area (Å²) in [6.07, 6.45) is 0. The van der Waals surface area contributed by atoms with E-state index in [1.165, 1.54) is 34.9 Å². The van der Waals surface area contributed by atoms with E-state index in [0.717, 1.165) is 4.52 Å².